The third kappa shape index (κ3) is 3.90. The van der Waals surface area contributed by atoms with Crippen LogP contribution in [-0.4, -0.2) is 38.0 Å². The van der Waals surface area contributed by atoms with Gasteiger partial charge in [0.2, 0.25) is 0 Å². The molecule has 0 unspecified atom stereocenters. The molecule has 3 N–H and O–H groups in total. The highest BCUT2D eigenvalue weighted by Crippen LogP contribution is 2.29. The van der Waals surface area contributed by atoms with Gasteiger partial charge in [0, 0.05) is 6.54 Å². The number of hydrogen-bond acceptors (Lipinski definition) is 4. The third-order valence-electron chi connectivity index (χ3n) is 5.24. The molecule has 1 aliphatic heterocycles. The van der Waals surface area contributed by atoms with Crippen molar-refractivity contribution in [2.24, 2.45) is 0 Å². The van der Waals surface area contributed by atoms with Gasteiger partial charge in [-0.25, -0.2) is 4.98 Å². The van der Waals surface area contributed by atoms with Gasteiger partial charge < -0.3 is 19.7 Å². The van der Waals surface area contributed by atoms with Crippen molar-refractivity contribution in [3.05, 3.63) is 64.7 Å². The average Bonchev–Trinajstić information content (AvgIpc) is 3.15. The molecule has 0 saturated heterocycles. The second-order valence-electron chi connectivity index (χ2n) is 8.92. The number of aliphatic hydroxyl groups is 1. The first kappa shape index (κ1) is 20.0. The number of rotatable bonds is 4. The molecule has 6 nitrogen and oxygen atoms in total. The number of amidine groups is 1. The Kier molecular flexibility index (Phi) is 4.80. The van der Waals surface area contributed by atoms with Crippen molar-refractivity contribution in [1.82, 2.24) is 14.9 Å². The number of H-pyrrole nitrogens is 1. The topological polar surface area (TPSA) is 85.2 Å². The minimum Gasteiger partial charge on any atom is -0.510 e. The molecule has 0 atom stereocenters. The summed E-state index contributed by atoms with van der Waals surface area (Å²) < 4.78 is 5.87. The number of aryl methyl sites for hydroxylation is 2. The standard InChI is InChI=1S/C24H28N4O2/c1-14-10-18-19(11-15(14)2)27-23(26-18)21-20(29)13-28(22(21)25)12-16-6-8-17(9-7-16)30-24(3,4)5/h6-11,25,29H,12-13H2,1-5H3,(H,26,27). The molecule has 0 radical (unpaired) electrons. The van der Waals surface area contributed by atoms with E-state index in [4.69, 9.17) is 10.1 Å². The van der Waals surface area contributed by atoms with Crippen LogP contribution in [0.5, 0.6) is 5.75 Å². The zero-order chi connectivity index (χ0) is 21.6. The number of nitrogens with zero attached hydrogens (tertiary/aromatic N) is 2. The highest BCUT2D eigenvalue weighted by molar-refractivity contribution is 6.23. The molecule has 1 aromatic heterocycles. The minimum atomic E-state index is -0.243. The molecule has 4 rings (SSSR count). The van der Waals surface area contributed by atoms with Crippen molar-refractivity contribution in [2.75, 3.05) is 6.54 Å². The molecule has 0 fully saturated rings. The molecule has 3 aromatic rings. The predicted molar refractivity (Wildman–Crippen MR) is 120 cm³/mol. The summed E-state index contributed by atoms with van der Waals surface area (Å²) >= 11 is 0. The van der Waals surface area contributed by atoms with Crippen LogP contribution in [-0.2, 0) is 6.54 Å². The maximum Gasteiger partial charge on any atom is 0.145 e. The van der Waals surface area contributed by atoms with Gasteiger partial charge in [0.1, 0.15) is 28.8 Å². The van der Waals surface area contributed by atoms with Crippen LogP contribution in [0.4, 0.5) is 0 Å². The monoisotopic (exact) mass is 404 g/mol. The lowest BCUT2D eigenvalue weighted by molar-refractivity contribution is 0.131. The number of nitrogens with one attached hydrogen (secondary N) is 2. The van der Waals surface area contributed by atoms with E-state index in [0.717, 1.165) is 22.3 Å². The average molecular weight is 405 g/mol. The smallest absolute Gasteiger partial charge is 0.145 e. The van der Waals surface area contributed by atoms with E-state index < -0.39 is 0 Å². The van der Waals surface area contributed by atoms with Gasteiger partial charge in [0.15, 0.2) is 0 Å². The molecule has 0 spiro atoms. The van der Waals surface area contributed by atoms with E-state index in [0.29, 0.717) is 24.5 Å². The van der Waals surface area contributed by atoms with Crippen molar-refractivity contribution < 1.29 is 9.84 Å². The Hall–Kier alpha value is -3.28. The molecule has 0 aliphatic carbocycles. The first-order valence-corrected chi connectivity index (χ1v) is 10.1. The van der Waals surface area contributed by atoms with E-state index in [1.165, 1.54) is 11.1 Å². The molecule has 2 aromatic carbocycles. The number of aliphatic hydroxyl groups excluding tert-OH is 1. The lowest BCUT2D eigenvalue weighted by Gasteiger charge is -2.22. The van der Waals surface area contributed by atoms with Crippen LogP contribution in [0.2, 0.25) is 0 Å². The van der Waals surface area contributed by atoms with Crippen LogP contribution in [0.3, 0.4) is 0 Å². The maximum atomic E-state index is 10.6. The van der Waals surface area contributed by atoms with Gasteiger partial charge in [0.05, 0.1) is 23.2 Å². The minimum absolute atomic E-state index is 0.167. The lowest BCUT2D eigenvalue weighted by Crippen LogP contribution is -2.26. The van der Waals surface area contributed by atoms with Crippen molar-refractivity contribution in [1.29, 1.82) is 5.41 Å². The molecule has 2 heterocycles. The number of aromatic amines is 1. The van der Waals surface area contributed by atoms with Gasteiger partial charge in [0.25, 0.3) is 0 Å². The molecule has 1 aliphatic rings. The van der Waals surface area contributed by atoms with Crippen molar-refractivity contribution >= 4 is 22.4 Å². The summed E-state index contributed by atoms with van der Waals surface area (Å²) in [6.07, 6.45) is 0. The Morgan fingerprint density at radius 1 is 1.13 bits per heavy atom. The summed E-state index contributed by atoms with van der Waals surface area (Å²) in [6, 6.07) is 12.0. The maximum absolute atomic E-state index is 10.6. The zero-order valence-corrected chi connectivity index (χ0v) is 18.1. The summed E-state index contributed by atoms with van der Waals surface area (Å²) in [5.41, 5.74) is 5.37. The molecule has 156 valence electrons. The first-order valence-electron chi connectivity index (χ1n) is 10.1. The van der Waals surface area contributed by atoms with Crippen LogP contribution in [0.25, 0.3) is 16.6 Å². The summed E-state index contributed by atoms with van der Waals surface area (Å²) in [5.74, 6) is 1.79. The van der Waals surface area contributed by atoms with Crippen molar-refractivity contribution in [3.8, 4) is 5.75 Å². The van der Waals surface area contributed by atoms with E-state index in [-0.39, 0.29) is 17.2 Å². The summed E-state index contributed by atoms with van der Waals surface area (Å²) in [7, 11) is 0. The van der Waals surface area contributed by atoms with Crippen LogP contribution in [0.1, 0.15) is 43.3 Å². The Labute approximate surface area is 176 Å². The number of benzene rings is 2. The Morgan fingerprint density at radius 3 is 2.47 bits per heavy atom. The largest absolute Gasteiger partial charge is 0.510 e. The SMILES string of the molecule is Cc1cc2nc(C3=C(O)CN(Cc4ccc(OC(C)(C)C)cc4)C3=N)[nH]c2cc1C. The van der Waals surface area contributed by atoms with Gasteiger partial charge in [-0.2, -0.15) is 0 Å². The van der Waals surface area contributed by atoms with Gasteiger partial charge in [-0.1, -0.05) is 12.1 Å². The second-order valence-corrected chi connectivity index (χ2v) is 8.92. The molecule has 0 amide bonds. The first-order chi connectivity index (χ1) is 14.1. The molecule has 30 heavy (non-hydrogen) atoms. The number of aromatic nitrogens is 2. The fraction of sp³-hybridized carbons (Fsp3) is 0.333. The number of imidazole rings is 1. The summed E-state index contributed by atoms with van der Waals surface area (Å²) in [4.78, 5) is 9.74. The highest BCUT2D eigenvalue weighted by Gasteiger charge is 2.30. The molecule has 0 bridgehead atoms. The fourth-order valence-corrected chi connectivity index (χ4v) is 3.64. The predicted octanol–water partition coefficient (Wildman–Crippen LogP) is 5.12. The van der Waals surface area contributed by atoms with Crippen molar-refractivity contribution in [2.45, 2.75) is 46.8 Å². The number of fused-ring (bicyclic) bond motifs is 1. The molecular weight excluding hydrogens is 376 g/mol. The number of ether oxygens (including phenoxy) is 1. The highest BCUT2D eigenvalue weighted by atomic mass is 16.5. The molecule has 0 saturated carbocycles. The molecular formula is C24H28N4O2. The van der Waals surface area contributed by atoms with E-state index >= 15 is 0 Å². The zero-order valence-electron chi connectivity index (χ0n) is 18.1. The lowest BCUT2D eigenvalue weighted by atomic mass is 10.1. The second kappa shape index (κ2) is 7.20. The van der Waals surface area contributed by atoms with Gasteiger partial charge in [-0.05, 0) is 75.6 Å². The van der Waals surface area contributed by atoms with E-state index in [1.807, 2.05) is 56.0 Å². The molecule has 6 heteroatoms. The Morgan fingerprint density at radius 2 is 1.80 bits per heavy atom. The van der Waals surface area contributed by atoms with Crippen LogP contribution >= 0.6 is 0 Å². The Balaban J connectivity index is 1.52. The number of hydrogen-bond donors (Lipinski definition) is 3. The van der Waals surface area contributed by atoms with Gasteiger partial charge >= 0.3 is 0 Å². The summed E-state index contributed by atoms with van der Waals surface area (Å²) in [5, 5.41) is 19.2. The van der Waals surface area contributed by atoms with Crippen LogP contribution < -0.4 is 4.74 Å². The normalized spacial score (nSPS) is 14.8. The van der Waals surface area contributed by atoms with Gasteiger partial charge in [-0.3, -0.25) is 5.41 Å². The fourth-order valence-electron chi connectivity index (χ4n) is 3.64. The van der Waals surface area contributed by atoms with E-state index in [2.05, 4.69) is 29.9 Å². The van der Waals surface area contributed by atoms with Crippen LogP contribution in [0, 0.1) is 19.3 Å². The Bertz CT molecular complexity index is 1110. The van der Waals surface area contributed by atoms with E-state index in [1.54, 1.807) is 0 Å². The van der Waals surface area contributed by atoms with Crippen molar-refractivity contribution in [3.63, 3.8) is 0 Å². The van der Waals surface area contributed by atoms with E-state index in [9.17, 15) is 5.11 Å². The summed E-state index contributed by atoms with van der Waals surface area (Å²) in [6.45, 7) is 11.0. The van der Waals surface area contributed by atoms with Crippen LogP contribution in [0.15, 0.2) is 42.2 Å². The third-order valence-corrected chi connectivity index (χ3v) is 5.24. The quantitative estimate of drug-likeness (QED) is 0.563. The van der Waals surface area contributed by atoms with Gasteiger partial charge in [-0.15, -0.1) is 0 Å².